The molecule has 0 aliphatic rings. The van der Waals surface area contributed by atoms with Gasteiger partial charge in [-0.3, -0.25) is 4.18 Å². The minimum absolute atomic E-state index is 0.218. The highest BCUT2D eigenvalue weighted by atomic mass is 32.2. The van der Waals surface area contributed by atoms with E-state index >= 15 is 0 Å². The molecule has 0 unspecified atom stereocenters. The van der Waals surface area contributed by atoms with Crippen molar-refractivity contribution in [2.45, 2.75) is 37.7 Å². The number of anilines is 1. The predicted molar refractivity (Wildman–Crippen MR) is 90.9 cm³/mol. The highest BCUT2D eigenvalue weighted by molar-refractivity contribution is 7.87. The topological polar surface area (TPSA) is 46.6 Å². The van der Waals surface area contributed by atoms with E-state index in [4.69, 9.17) is 4.18 Å². The molecule has 0 N–H and O–H groups in total. The SMILES string of the molecule is CCC(C)(C)OS(=O)(=O)c1cccc2c(N(C)C)cccc12. The van der Waals surface area contributed by atoms with E-state index in [2.05, 4.69) is 0 Å². The van der Waals surface area contributed by atoms with Crippen molar-refractivity contribution in [1.82, 2.24) is 0 Å². The third kappa shape index (κ3) is 3.25. The number of rotatable bonds is 5. The lowest BCUT2D eigenvalue weighted by Gasteiger charge is -2.23. The van der Waals surface area contributed by atoms with Crippen LogP contribution in [-0.4, -0.2) is 28.1 Å². The van der Waals surface area contributed by atoms with Crippen molar-refractivity contribution in [2.75, 3.05) is 19.0 Å². The molecule has 2 rings (SSSR count). The molecule has 0 bridgehead atoms. The second kappa shape index (κ2) is 5.89. The normalized spacial score (nSPS) is 12.6. The van der Waals surface area contributed by atoms with Gasteiger partial charge in [-0.2, -0.15) is 8.42 Å². The molecular weight excluding hydrogens is 298 g/mol. The maximum absolute atomic E-state index is 12.7. The molecule has 0 saturated carbocycles. The predicted octanol–water partition coefficient (Wildman–Crippen LogP) is 3.80. The Hall–Kier alpha value is -1.59. The van der Waals surface area contributed by atoms with E-state index in [1.54, 1.807) is 26.0 Å². The van der Waals surface area contributed by atoms with Crippen LogP contribution in [-0.2, 0) is 14.3 Å². The van der Waals surface area contributed by atoms with Gasteiger partial charge < -0.3 is 4.90 Å². The fourth-order valence-electron chi connectivity index (χ4n) is 2.27. The van der Waals surface area contributed by atoms with Gasteiger partial charge in [-0.25, -0.2) is 0 Å². The van der Waals surface area contributed by atoms with Crippen LogP contribution in [0, 0.1) is 0 Å². The minimum atomic E-state index is -3.82. The average Bonchev–Trinajstić information content (AvgIpc) is 2.44. The summed E-state index contributed by atoms with van der Waals surface area (Å²) >= 11 is 0. The Balaban J connectivity index is 2.64. The Bertz CT molecular complexity index is 780. The second-order valence-corrected chi connectivity index (χ2v) is 7.69. The average molecular weight is 321 g/mol. The van der Waals surface area contributed by atoms with Gasteiger partial charge in [0.1, 0.15) is 4.90 Å². The van der Waals surface area contributed by atoms with E-state index in [1.165, 1.54) is 0 Å². The number of fused-ring (bicyclic) bond motifs is 1. The van der Waals surface area contributed by atoms with Gasteiger partial charge in [0.25, 0.3) is 10.1 Å². The molecule has 5 heteroatoms. The summed E-state index contributed by atoms with van der Waals surface area (Å²) in [6.45, 7) is 5.46. The summed E-state index contributed by atoms with van der Waals surface area (Å²) in [7, 11) is 0.0566. The first kappa shape index (κ1) is 16.8. The Morgan fingerprint density at radius 1 is 1.05 bits per heavy atom. The number of hydrogen-bond donors (Lipinski definition) is 0. The first-order valence-electron chi connectivity index (χ1n) is 7.32. The van der Waals surface area contributed by atoms with Crippen molar-refractivity contribution in [2.24, 2.45) is 0 Å². The van der Waals surface area contributed by atoms with Crippen LogP contribution in [0.2, 0.25) is 0 Å². The smallest absolute Gasteiger partial charge is 0.298 e. The summed E-state index contributed by atoms with van der Waals surface area (Å²) in [6.07, 6.45) is 0.611. The van der Waals surface area contributed by atoms with E-state index in [1.807, 2.05) is 50.2 Å². The first-order chi connectivity index (χ1) is 10.2. The van der Waals surface area contributed by atoms with Gasteiger partial charge in [-0.15, -0.1) is 0 Å². The molecule has 2 aromatic rings. The Morgan fingerprint density at radius 3 is 2.23 bits per heavy atom. The molecular formula is C17H23NO3S. The molecule has 0 aliphatic carbocycles. The zero-order valence-corrected chi connectivity index (χ0v) is 14.6. The van der Waals surface area contributed by atoms with Gasteiger partial charge in [-0.1, -0.05) is 31.2 Å². The maximum atomic E-state index is 12.7. The molecule has 0 saturated heterocycles. The maximum Gasteiger partial charge on any atom is 0.298 e. The fraction of sp³-hybridized carbons (Fsp3) is 0.412. The van der Waals surface area contributed by atoms with Crippen LogP contribution in [0.1, 0.15) is 27.2 Å². The van der Waals surface area contributed by atoms with Gasteiger partial charge in [0.05, 0.1) is 5.60 Å². The first-order valence-corrected chi connectivity index (χ1v) is 8.73. The van der Waals surface area contributed by atoms with Gasteiger partial charge in [0, 0.05) is 30.6 Å². The van der Waals surface area contributed by atoms with E-state index in [9.17, 15) is 8.42 Å². The fourth-order valence-corrected chi connectivity index (χ4v) is 3.77. The van der Waals surface area contributed by atoms with Crippen LogP contribution in [0.4, 0.5) is 5.69 Å². The molecule has 0 aromatic heterocycles. The lowest BCUT2D eigenvalue weighted by Crippen LogP contribution is -2.27. The molecule has 0 heterocycles. The van der Waals surface area contributed by atoms with Crippen molar-refractivity contribution in [3.8, 4) is 0 Å². The summed E-state index contributed by atoms with van der Waals surface area (Å²) < 4.78 is 30.8. The highest BCUT2D eigenvalue weighted by Crippen LogP contribution is 2.32. The van der Waals surface area contributed by atoms with Crippen LogP contribution in [0.5, 0.6) is 0 Å². The van der Waals surface area contributed by atoms with Crippen molar-refractivity contribution >= 4 is 26.6 Å². The molecule has 0 aliphatic heterocycles. The summed E-state index contributed by atoms with van der Waals surface area (Å²) in [6, 6.07) is 10.9. The van der Waals surface area contributed by atoms with E-state index in [0.717, 1.165) is 11.1 Å². The lowest BCUT2D eigenvalue weighted by atomic mass is 10.1. The third-order valence-corrected chi connectivity index (χ3v) is 5.36. The molecule has 4 nitrogen and oxygen atoms in total. The van der Waals surface area contributed by atoms with E-state index < -0.39 is 15.7 Å². The van der Waals surface area contributed by atoms with Crippen LogP contribution in [0.15, 0.2) is 41.3 Å². The van der Waals surface area contributed by atoms with Crippen molar-refractivity contribution in [3.63, 3.8) is 0 Å². The van der Waals surface area contributed by atoms with E-state index in [-0.39, 0.29) is 4.90 Å². The molecule has 2 aromatic carbocycles. The van der Waals surface area contributed by atoms with E-state index in [0.29, 0.717) is 11.8 Å². The molecule has 120 valence electrons. The number of hydrogen-bond acceptors (Lipinski definition) is 4. The summed E-state index contributed by atoms with van der Waals surface area (Å²) in [5.41, 5.74) is 0.254. The van der Waals surface area contributed by atoms with Gasteiger partial charge in [-0.05, 0) is 32.4 Å². The highest BCUT2D eigenvalue weighted by Gasteiger charge is 2.28. The van der Waals surface area contributed by atoms with Crippen molar-refractivity contribution in [3.05, 3.63) is 36.4 Å². The summed E-state index contributed by atoms with van der Waals surface area (Å²) in [5, 5.41) is 1.58. The van der Waals surface area contributed by atoms with Crippen molar-refractivity contribution < 1.29 is 12.6 Å². The van der Waals surface area contributed by atoms with Crippen LogP contribution < -0.4 is 4.90 Å². The van der Waals surface area contributed by atoms with Crippen LogP contribution >= 0.6 is 0 Å². The third-order valence-electron chi connectivity index (χ3n) is 3.80. The zero-order valence-electron chi connectivity index (χ0n) is 13.8. The standard InChI is InChI=1S/C17H23NO3S/c1-6-17(2,3)21-22(19,20)16-12-8-9-13-14(16)10-7-11-15(13)18(4)5/h7-12H,6H2,1-5H3. The molecule has 0 amide bonds. The lowest BCUT2D eigenvalue weighted by molar-refractivity contribution is 0.114. The zero-order chi connectivity index (χ0) is 16.5. The molecule has 0 spiro atoms. The number of benzene rings is 2. The molecule has 22 heavy (non-hydrogen) atoms. The van der Waals surface area contributed by atoms with Gasteiger partial charge >= 0.3 is 0 Å². The second-order valence-electron chi connectivity index (χ2n) is 6.17. The Kier molecular flexibility index (Phi) is 4.49. The quantitative estimate of drug-likeness (QED) is 0.786. The summed E-state index contributed by atoms with van der Waals surface area (Å²) in [5.74, 6) is 0. The van der Waals surface area contributed by atoms with Crippen LogP contribution in [0.25, 0.3) is 10.8 Å². The molecule has 0 atom stereocenters. The minimum Gasteiger partial charge on any atom is -0.377 e. The van der Waals surface area contributed by atoms with Gasteiger partial charge in [0.2, 0.25) is 0 Å². The van der Waals surface area contributed by atoms with Gasteiger partial charge in [0.15, 0.2) is 0 Å². The van der Waals surface area contributed by atoms with Crippen molar-refractivity contribution in [1.29, 1.82) is 0 Å². The Morgan fingerprint density at radius 2 is 1.64 bits per heavy atom. The molecule has 0 radical (unpaired) electrons. The largest absolute Gasteiger partial charge is 0.377 e. The molecule has 0 fully saturated rings. The number of nitrogens with zero attached hydrogens (tertiary/aromatic N) is 1. The monoisotopic (exact) mass is 321 g/mol. The van der Waals surface area contributed by atoms with Crippen LogP contribution in [0.3, 0.4) is 0 Å². The summed E-state index contributed by atoms with van der Waals surface area (Å²) in [4.78, 5) is 2.19. The Labute approximate surface area is 132 Å².